The summed E-state index contributed by atoms with van der Waals surface area (Å²) in [5.41, 5.74) is 1.40. The fourth-order valence-corrected chi connectivity index (χ4v) is 3.89. The summed E-state index contributed by atoms with van der Waals surface area (Å²) in [6.45, 7) is 0.417. The van der Waals surface area contributed by atoms with E-state index in [-0.39, 0.29) is 28.2 Å². The van der Waals surface area contributed by atoms with Crippen LogP contribution in [0.5, 0.6) is 5.75 Å². The standard InChI is InChI=1S/C18H25ClN2O4S/c1-21(2)26(23,24)15-8-9-17(16(19)12-15)25-13-18(22)20-11-10-14-6-4-3-5-7-14/h6,8-9,12H,3-5,7,10-11,13H2,1-2H3,(H,20,22). The van der Waals surface area contributed by atoms with Crippen LogP contribution in [-0.4, -0.2) is 45.9 Å². The molecular formula is C18H25ClN2O4S. The molecule has 1 aromatic carbocycles. The molecule has 0 unspecified atom stereocenters. The van der Waals surface area contributed by atoms with E-state index >= 15 is 0 Å². The first-order valence-corrected chi connectivity index (χ1v) is 10.4. The number of nitrogens with zero attached hydrogens (tertiary/aromatic N) is 1. The van der Waals surface area contributed by atoms with Crippen LogP contribution in [0.1, 0.15) is 32.1 Å². The number of sulfonamides is 1. The molecule has 0 radical (unpaired) electrons. The lowest BCUT2D eigenvalue weighted by molar-refractivity contribution is -0.123. The van der Waals surface area contributed by atoms with Crippen LogP contribution in [-0.2, 0) is 14.8 Å². The normalized spacial score (nSPS) is 14.8. The number of nitrogens with one attached hydrogen (secondary N) is 1. The van der Waals surface area contributed by atoms with Gasteiger partial charge in [0, 0.05) is 20.6 Å². The molecular weight excluding hydrogens is 376 g/mol. The zero-order valence-corrected chi connectivity index (χ0v) is 16.7. The summed E-state index contributed by atoms with van der Waals surface area (Å²) in [6.07, 6.45) is 7.84. The van der Waals surface area contributed by atoms with Crippen molar-refractivity contribution in [3.8, 4) is 5.75 Å². The SMILES string of the molecule is CN(C)S(=O)(=O)c1ccc(OCC(=O)NCCC2=CCCCC2)c(Cl)c1. The van der Waals surface area contributed by atoms with Crippen LogP contribution in [0.4, 0.5) is 0 Å². The van der Waals surface area contributed by atoms with E-state index in [0.29, 0.717) is 6.54 Å². The second-order valence-electron chi connectivity index (χ2n) is 6.38. The van der Waals surface area contributed by atoms with Gasteiger partial charge in [0.1, 0.15) is 5.75 Å². The number of hydrogen-bond acceptors (Lipinski definition) is 4. The zero-order chi connectivity index (χ0) is 19.2. The highest BCUT2D eigenvalue weighted by Gasteiger charge is 2.19. The lowest BCUT2D eigenvalue weighted by Crippen LogP contribution is -2.30. The first kappa shape index (κ1) is 20.7. The molecule has 2 rings (SSSR count). The lowest BCUT2D eigenvalue weighted by atomic mass is 9.97. The Labute approximate surface area is 160 Å². The van der Waals surface area contributed by atoms with Crippen molar-refractivity contribution in [3.05, 3.63) is 34.9 Å². The second-order valence-corrected chi connectivity index (χ2v) is 8.94. The average Bonchev–Trinajstić information content (AvgIpc) is 2.61. The maximum atomic E-state index is 12.1. The molecule has 1 aliphatic carbocycles. The molecule has 0 bridgehead atoms. The van der Waals surface area contributed by atoms with Crippen molar-refractivity contribution >= 4 is 27.5 Å². The predicted octanol–water partition coefficient (Wildman–Crippen LogP) is 2.98. The third kappa shape index (κ3) is 5.72. The Kier molecular flexibility index (Phi) is 7.49. The predicted molar refractivity (Wildman–Crippen MR) is 102 cm³/mol. The number of amides is 1. The highest BCUT2D eigenvalue weighted by atomic mass is 35.5. The fraction of sp³-hybridized carbons (Fsp3) is 0.500. The maximum absolute atomic E-state index is 12.1. The van der Waals surface area contributed by atoms with Gasteiger partial charge >= 0.3 is 0 Å². The summed E-state index contributed by atoms with van der Waals surface area (Å²) in [5.74, 6) is 0.0389. The van der Waals surface area contributed by atoms with Crippen LogP contribution < -0.4 is 10.1 Å². The number of ether oxygens (including phenoxy) is 1. The van der Waals surface area contributed by atoms with E-state index in [1.54, 1.807) is 0 Å². The van der Waals surface area contributed by atoms with E-state index in [2.05, 4.69) is 11.4 Å². The largest absolute Gasteiger partial charge is 0.482 e. The number of carbonyl (C=O) groups excluding carboxylic acids is 1. The van der Waals surface area contributed by atoms with Gasteiger partial charge in [0.2, 0.25) is 10.0 Å². The van der Waals surface area contributed by atoms with Crippen LogP contribution in [0.25, 0.3) is 0 Å². The molecule has 6 nitrogen and oxygen atoms in total. The van der Waals surface area contributed by atoms with Crippen molar-refractivity contribution in [3.63, 3.8) is 0 Å². The second kappa shape index (κ2) is 9.39. The van der Waals surface area contributed by atoms with Gasteiger partial charge in [-0.3, -0.25) is 4.79 Å². The summed E-state index contributed by atoms with van der Waals surface area (Å²) >= 11 is 6.08. The quantitative estimate of drug-likeness (QED) is 0.680. The smallest absolute Gasteiger partial charge is 0.257 e. The summed E-state index contributed by atoms with van der Waals surface area (Å²) in [5, 5.41) is 2.97. The minimum atomic E-state index is -3.56. The first-order chi connectivity index (χ1) is 12.3. The lowest BCUT2D eigenvalue weighted by Gasteiger charge is -2.14. The van der Waals surface area contributed by atoms with Crippen LogP contribution in [0.2, 0.25) is 5.02 Å². The molecule has 0 saturated heterocycles. The molecule has 0 spiro atoms. The number of benzene rings is 1. The molecule has 1 aromatic rings. The van der Waals surface area contributed by atoms with Crippen molar-refractivity contribution in [1.82, 2.24) is 9.62 Å². The number of hydrogen-bond donors (Lipinski definition) is 1. The topological polar surface area (TPSA) is 75.7 Å². The van der Waals surface area contributed by atoms with E-state index in [9.17, 15) is 13.2 Å². The fourth-order valence-electron chi connectivity index (χ4n) is 2.66. The Bertz CT molecular complexity index is 775. The molecule has 0 heterocycles. The minimum Gasteiger partial charge on any atom is -0.482 e. The van der Waals surface area contributed by atoms with Gasteiger partial charge < -0.3 is 10.1 Å². The summed E-state index contributed by atoms with van der Waals surface area (Å²) in [6, 6.07) is 4.18. The van der Waals surface area contributed by atoms with Crippen LogP contribution >= 0.6 is 11.6 Å². The van der Waals surface area contributed by atoms with E-state index in [1.165, 1.54) is 50.7 Å². The van der Waals surface area contributed by atoms with Crippen molar-refractivity contribution in [1.29, 1.82) is 0 Å². The zero-order valence-electron chi connectivity index (χ0n) is 15.1. The molecule has 0 aromatic heterocycles. The van der Waals surface area contributed by atoms with Crippen molar-refractivity contribution in [2.24, 2.45) is 0 Å². The number of carbonyl (C=O) groups is 1. The number of allylic oxidation sites excluding steroid dienone is 1. The molecule has 0 aliphatic heterocycles. The van der Waals surface area contributed by atoms with Gasteiger partial charge in [-0.05, 0) is 50.3 Å². The number of halogens is 1. The molecule has 1 N–H and O–H groups in total. The number of rotatable bonds is 8. The summed E-state index contributed by atoms with van der Waals surface area (Å²) in [7, 11) is -0.670. The Morgan fingerprint density at radius 3 is 2.69 bits per heavy atom. The Hall–Kier alpha value is -1.57. The van der Waals surface area contributed by atoms with Gasteiger partial charge in [-0.1, -0.05) is 23.3 Å². The molecule has 0 fully saturated rings. The van der Waals surface area contributed by atoms with E-state index < -0.39 is 10.0 Å². The van der Waals surface area contributed by atoms with Gasteiger partial charge in [0.15, 0.2) is 6.61 Å². The highest BCUT2D eigenvalue weighted by molar-refractivity contribution is 7.89. The molecule has 8 heteroatoms. The Morgan fingerprint density at radius 1 is 1.31 bits per heavy atom. The minimum absolute atomic E-state index is 0.0741. The van der Waals surface area contributed by atoms with E-state index in [4.69, 9.17) is 16.3 Å². The highest BCUT2D eigenvalue weighted by Crippen LogP contribution is 2.28. The van der Waals surface area contributed by atoms with Crippen LogP contribution in [0.15, 0.2) is 34.7 Å². The third-order valence-electron chi connectivity index (χ3n) is 4.19. The molecule has 26 heavy (non-hydrogen) atoms. The van der Waals surface area contributed by atoms with E-state index in [1.807, 2.05) is 0 Å². The summed E-state index contributed by atoms with van der Waals surface area (Å²) in [4.78, 5) is 12.0. The van der Waals surface area contributed by atoms with Crippen molar-refractivity contribution in [2.45, 2.75) is 37.0 Å². The molecule has 0 saturated carbocycles. The van der Waals surface area contributed by atoms with Gasteiger partial charge in [-0.15, -0.1) is 0 Å². The van der Waals surface area contributed by atoms with Gasteiger partial charge in [-0.25, -0.2) is 12.7 Å². The molecule has 1 amide bonds. The van der Waals surface area contributed by atoms with E-state index in [0.717, 1.165) is 23.6 Å². The van der Waals surface area contributed by atoms with Gasteiger partial charge in [-0.2, -0.15) is 0 Å². The Morgan fingerprint density at radius 2 is 2.08 bits per heavy atom. The molecule has 0 atom stereocenters. The summed E-state index contributed by atoms with van der Waals surface area (Å²) < 4.78 is 30.6. The average molecular weight is 401 g/mol. The molecule has 1 aliphatic rings. The van der Waals surface area contributed by atoms with Gasteiger partial charge in [0.25, 0.3) is 5.91 Å². The van der Waals surface area contributed by atoms with Crippen LogP contribution in [0.3, 0.4) is 0 Å². The maximum Gasteiger partial charge on any atom is 0.257 e. The van der Waals surface area contributed by atoms with Gasteiger partial charge in [0.05, 0.1) is 9.92 Å². The third-order valence-corrected chi connectivity index (χ3v) is 6.30. The Balaban J connectivity index is 1.83. The van der Waals surface area contributed by atoms with Crippen molar-refractivity contribution in [2.75, 3.05) is 27.2 Å². The van der Waals surface area contributed by atoms with Crippen molar-refractivity contribution < 1.29 is 17.9 Å². The monoisotopic (exact) mass is 400 g/mol. The first-order valence-electron chi connectivity index (χ1n) is 8.60. The van der Waals surface area contributed by atoms with Crippen LogP contribution in [0, 0.1) is 0 Å². The molecule has 144 valence electrons.